The van der Waals surface area contributed by atoms with Crippen LogP contribution >= 0.6 is 11.6 Å². The third-order valence-corrected chi connectivity index (χ3v) is 8.76. The van der Waals surface area contributed by atoms with Crippen LogP contribution < -0.4 is 15.2 Å². The number of anilines is 1. The predicted octanol–water partition coefficient (Wildman–Crippen LogP) is 4.15. The molecule has 41 heavy (non-hydrogen) atoms. The molecule has 0 unspecified atom stereocenters. The van der Waals surface area contributed by atoms with Gasteiger partial charge in [0.2, 0.25) is 15.8 Å². The van der Waals surface area contributed by atoms with Crippen LogP contribution in [0.4, 0.5) is 5.69 Å². The lowest BCUT2D eigenvalue weighted by Crippen LogP contribution is -2.49. The van der Waals surface area contributed by atoms with Crippen molar-refractivity contribution in [3.05, 3.63) is 94.4 Å². The minimum Gasteiger partial charge on any atom is -0.486 e. The third-order valence-electron chi connectivity index (χ3n) is 6.68. The smallest absolute Gasteiger partial charge is 0.316 e. The number of imidazole rings is 1. The maximum atomic E-state index is 13.6. The number of nitrogens with zero attached hydrogens (tertiary/aromatic N) is 6. The van der Waals surface area contributed by atoms with Crippen LogP contribution in [0.5, 0.6) is 5.75 Å². The summed E-state index contributed by atoms with van der Waals surface area (Å²) < 4.78 is 37.3. The number of rotatable bonds is 8. The molecule has 2 aromatic carbocycles. The molecule has 0 bridgehead atoms. The zero-order valence-corrected chi connectivity index (χ0v) is 24.8. The van der Waals surface area contributed by atoms with Crippen LogP contribution in [-0.4, -0.2) is 64.8 Å². The van der Waals surface area contributed by atoms with Crippen LogP contribution in [0.1, 0.15) is 26.3 Å². The lowest BCUT2D eigenvalue weighted by atomic mass is 9.99. The summed E-state index contributed by atoms with van der Waals surface area (Å²) in [5.41, 5.74) is 2.12. The fourth-order valence-electron chi connectivity index (χ4n) is 4.56. The van der Waals surface area contributed by atoms with Crippen LogP contribution in [0.15, 0.2) is 78.2 Å². The topological polar surface area (TPSA) is 103 Å². The molecule has 0 amide bonds. The van der Waals surface area contributed by atoms with Crippen molar-refractivity contribution in [3.8, 4) is 17.1 Å². The monoisotopic (exact) mass is 596 g/mol. The number of hydrogen-bond donors (Lipinski definition) is 0. The summed E-state index contributed by atoms with van der Waals surface area (Å²) in [6.45, 7) is 7.76. The second kappa shape index (κ2) is 11.7. The average molecular weight is 597 g/mol. The van der Waals surface area contributed by atoms with Crippen LogP contribution in [0.2, 0.25) is 5.02 Å². The Kier molecular flexibility index (Phi) is 8.21. The molecule has 3 heterocycles. The van der Waals surface area contributed by atoms with Gasteiger partial charge in [-0.1, -0.05) is 50.6 Å². The van der Waals surface area contributed by atoms with Gasteiger partial charge in [-0.3, -0.25) is 4.79 Å². The van der Waals surface area contributed by atoms with Gasteiger partial charge in [-0.05, 0) is 41.3 Å². The lowest BCUT2D eigenvalue weighted by molar-refractivity contribution is 0.195. The summed E-state index contributed by atoms with van der Waals surface area (Å²) in [6, 6.07) is 14.3. The number of ether oxygens (including phenoxy) is 1. The Bertz CT molecular complexity index is 1660. The molecular formula is C29H33ClN6O4S. The Morgan fingerprint density at radius 2 is 1.73 bits per heavy atom. The zero-order chi connectivity index (χ0) is 29.2. The highest BCUT2D eigenvalue weighted by Crippen LogP contribution is 2.28. The van der Waals surface area contributed by atoms with Crippen LogP contribution in [-0.2, 0) is 15.8 Å². The summed E-state index contributed by atoms with van der Waals surface area (Å²) in [5, 5.41) is 4.90. The molecule has 0 N–H and O–H groups in total. The quantitative estimate of drug-likeness (QED) is 0.301. The Morgan fingerprint density at radius 3 is 2.37 bits per heavy atom. The summed E-state index contributed by atoms with van der Waals surface area (Å²) in [4.78, 5) is 19.6. The van der Waals surface area contributed by atoms with E-state index in [2.05, 4.69) is 10.1 Å². The standard InChI is InChI=1S/C29H33ClN6O4S/c1-29(2,3)20-40-27-26(18-32-36(28(27)37)25-6-4-5-23(30)17-25)33-13-15-35(16-14-33)41(38,39)19-22-7-9-24(10-8-22)34-12-11-31-21-34/h4-12,17-18,21H,13-16,19-20H2,1-3H3. The summed E-state index contributed by atoms with van der Waals surface area (Å²) in [7, 11) is -3.54. The number of sulfonamides is 1. The van der Waals surface area contributed by atoms with E-state index in [4.69, 9.17) is 16.3 Å². The van der Waals surface area contributed by atoms with E-state index >= 15 is 0 Å². The van der Waals surface area contributed by atoms with Gasteiger partial charge in [-0.25, -0.2) is 13.4 Å². The van der Waals surface area contributed by atoms with E-state index in [9.17, 15) is 13.2 Å². The van der Waals surface area contributed by atoms with Gasteiger partial charge in [-0.15, -0.1) is 0 Å². The highest BCUT2D eigenvalue weighted by Gasteiger charge is 2.30. The van der Waals surface area contributed by atoms with Crippen molar-refractivity contribution >= 4 is 27.3 Å². The number of benzene rings is 2. The molecule has 216 valence electrons. The Morgan fingerprint density at radius 1 is 1.00 bits per heavy atom. The van der Waals surface area contributed by atoms with Gasteiger partial charge < -0.3 is 14.2 Å². The van der Waals surface area contributed by atoms with E-state index < -0.39 is 15.6 Å². The van der Waals surface area contributed by atoms with Crippen molar-refractivity contribution in [1.82, 2.24) is 23.6 Å². The molecule has 0 aliphatic carbocycles. The SMILES string of the molecule is CC(C)(C)COc1c(N2CCN(S(=O)(=O)Cc3ccc(-n4ccnc4)cc3)CC2)cnn(-c2cccc(Cl)c2)c1=O. The van der Waals surface area contributed by atoms with Crippen LogP contribution in [0.3, 0.4) is 0 Å². The molecular weight excluding hydrogens is 564 g/mol. The molecule has 2 aromatic heterocycles. The van der Waals surface area contributed by atoms with Gasteiger partial charge in [0.15, 0.2) is 0 Å². The van der Waals surface area contributed by atoms with E-state index in [0.717, 1.165) is 5.69 Å². The van der Waals surface area contributed by atoms with E-state index in [1.54, 1.807) is 43.0 Å². The number of aromatic nitrogens is 4. The molecule has 0 spiro atoms. The minimum atomic E-state index is -3.54. The molecule has 0 radical (unpaired) electrons. The molecule has 1 aliphatic heterocycles. The molecule has 0 atom stereocenters. The van der Waals surface area contributed by atoms with Gasteiger partial charge in [0.1, 0.15) is 5.69 Å². The number of piperazine rings is 1. The first-order valence-electron chi connectivity index (χ1n) is 13.3. The van der Waals surface area contributed by atoms with Crippen molar-refractivity contribution in [1.29, 1.82) is 0 Å². The lowest BCUT2D eigenvalue weighted by Gasteiger charge is -2.36. The fourth-order valence-corrected chi connectivity index (χ4v) is 6.26. The van der Waals surface area contributed by atoms with Crippen molar-refractivity contribution in [2.24, 2.45) is 5.41 Å². The fraction of sp³-hybridized carbons (Fsp3) is 0.345. The minimum absolute atomic E-state index is 0.0889. The Labute approximate surface area is 244 Å². The first kappa shape index (κ1) is 28.8. The molecule has 0 saturated carbocycles. The molecule has 1 aliphatic rings. The first-order valence-corrected chi connectivity index (χ1v) is 15.3. The largest absolute Gasteiger partial charge is 0.486 e. The summed E-state index contributed by atoms with van der Waals surface area (Å²) in [6.07, 6.45) is 6.82. The van der Waals surface area contributed by atoms with E-state index in [-0.39, 0.29) is 30.0 Å². The van der Waals surface area contributed by atoms with Crippen LogP contribution in [0.25, 0.3) is 11.4 Å². The summed E-state index contributed by atoms with van der Waals surface area (Å²) >= 11 is 6.15. The van der Waals surface area contributed by atoms with Crippen molar-refractivity contribution < 1.29 is 13.2 Å². The second-order valence-electron chi connectivity index (χ2n) is 11.2. The van der Waals surface area contributed by atoms with Crippen molar-refractivity contribution in [2.75, 3.05) is 37.7 Å². The maximum absolute atomic E-state index is 13.6. The van der Waals surface area contributed by atoms with Crippen molar-refractivity contribution in [2.45, 2.75) is 26.5 Å². The highest BCUT2D eigenvalue weighted by atomic mass is 35.5. The van der Waals surface area contributed by atoms with Gasteiger partial charge in [0.05, 0.1) is 30.6 Å². The molecule has 10 nitrogen and oxygen atoms in total. The first-order chi connectivity index (χ1) is 19.5. The van der Waals surface area contributed by atoms with E-state index in [1.165, 1.54) is 8.99 Å². The summed E-state index contributed by atoms with van der Waals surface area (Å²) in [5.74, 6) is 0.0955. The normalized spacial score (nSPS) is 14.8. The van der Waals surface area contributed by atoms with Crippen molar-refractivity contribution in [3.63, 3.8) is 0 Å². The number of halogens is 1. The molecule has 1 saturated heterocycles. The van der Waals surface area contributed by atoms with Gasteiger partial charge in [0, 0.05) is 49.3 Å². The van der Waals surface area contributed by atoms with Crippen LogP contribution in [0, 0.1) is 5.41 Å². The van der Waals surface area contributed by atoms with E-state index in [1.807, 2.05) is 60.7 Å². The predicted molar refractivity (Wildman–Crippen MR) is 160 cm³/mol. The molecule has 4 aromatic rings. The molecule has 1 fully saturated rings. The average Bonchev–Trinajstić information content (AvgIpc) is 3.47. The van der Waals surface area contributed by atoms with Gasteiger partial charge in [-0.2, -0.15) is 14.1 Å². The molecule has 5 rings (SSSR count). The Hall–Kier alpha value is -3.67. The van der Waals surface area contributed by atoms with Gasteiger partial charge in [0.25, 0.3) is 0 Å². The van der Waals surface area contributed by atoms with E-state index in [0.29, 0.717) is 41.7 Å². The third kappa shape index (κ3) is 6.80. The Balaban J connectivity index is 1.32. The highest BCUT2D eigenvalue weighted by molar-refractivity contribution is 7.88. The maximum Gasteiger partial charge on any atom is 0.316 e. The number of hydrogen-bond acceptors (Lipinski definition) is 7. The zero-order valence-electron chi connectivity index (χ0n) is 23.3. The molecule has 12 heteroatoms. The second-order valence-corrected chi connectivity index (χ2v) is 13.6. The van der Waals surface area contributed by atoms with Gasteiger partial charge >= 0.3 is 5.56 Å².